The highest BCUT2D eigenvalue weighted by molar-refractivity contribution is 6.12. The largest absolute Gasteiger partial charge is 0.452 e. The van der Waals surface area contributed by atoms with Crippen LogP contribution in [0, 0.1) is 0 Å². The van der Waals surface area contributed by atoms with Crippen molar-refractivity contribution in [2.75, 3.05) is 30.0 Å². The van der Waals surface area contributed by atoms with Crippen molar-refractivity contribution in [3.8, 4) is 0 Å². The van der Waals surface area contributed by atoms with Crippen molar-refractivity contribution >= 4 is 29.2 Å². The number of carbonyl (C=O) groups excluding carboxylic acids is 3. The highest BCUT2D eigenvalue weighted by atomic mass is 16.5. The number of hydrogen-bond acceptors (Lipinski definition) is 4. The van der Waals surface area contributed by atoms with E-state index in [-0.39, 0.29) is 29.5 Å². The van der Waals surface area contributed by atoms with Gasteiger partial charge in [0.15, 0.2) is 6.61 Å². The molecule has 0 fully saturated rings. The second kappa shape index (κ2) is 8.83. The summed E-state index contributed by atoms with van der Waals surface area (Å²) in [6.07, 6.45) is 0.777. The predicted octanol–water partition coefficient (Wildman–Crippen LogP) is 3.71. The van der Waals surface area contributed by atoms with Gasteiger partial charge < -0.3 is 14.5 Å². The maximum absolute atomic E-state index is 13.0. The average molecular weight is 414 g/mol. The molecule has 31 heavy (non-hydrogen) atoms. The Morgan fingerprint density at radius 3 is 2.29 bits per heavy atom. The molecule has 0 N–H and O–H groups in total. The lowest BCUT2D eigenvalue weighted by molar-refractivity contribution is -0.121. The lowest BCUT2D eigenvalue weighted by atomic mass is 10.1. The summed E-state index contributed by atoms with van der Waals surface area (Å²) in [4.78, 5) is 41.5. The molecule has 0 unspecified atom stereocenters. The smallest absolute Gasteiger partial charge is 0.339 e. The summed E-state index contributed by atoms with van der Waals surface area (Å²) < 4.78 is 5.29. The van der Waals surface area contributed by atoms with Gasteiger partial charge in [0.1, 0.15) is 0 Å². The Balaban J connectivity index is 1.46. The van der Waals surface area contributed by atoms with E-state index in [2.05, 4.69) is 0 Å². The Hall–Kier alpha value is -3.93. The fourth-order valence-corrected chi connectivity index (χ4v) is 3.68. The van der Waals surface area contributed by atoms with Gasteiger partial charge in [-0.15, -0.1) is 0 Å². The van der Waals surface area contributed by atoms with Crippen LogP contribution in [-0.4, -0.2) is 38.0 Å². The number of nitrogens with zero attached hydrogens (tertiary/aromatic N) is 2. The van der Waals surface area contributed by atoms with E-state index in [9.17, 15) is 14.4 Å². The van der Waals surface area contributed by atoms with E-state index in [1.165, 1.54) is 11.0 Å². The van der Waals surface area contributed by atoms with Crippen LogP contribution in [0.5, 0.6) is 0 Å². The van der Waals surface area contributed by atoms with Crippen LogP contribution in [-0.2, 0) is 16.0 Å². The van der Waals surface area contributed by atoms with Crippen LogP contribution in [0.4, 0.5) is 11.4 Å². The predicted molar refractivity (Wildman–Crippen MR) is 118 cm³/mol. The van der Waals surface area contributed by atoms with Crippen LogP contribution in [0.2, 0.25) is 0 Å². The molecule has 0 aliphatic carbocycles. The quantitative estimate of drug-likeness (QED) is 0.597. The highest BCUT2D eigenvalue weighted by Gasteiger charge is 2.26. The molecule has 0 radical (unpaired) electrons. The van der Waals surface area contributed by atoms with Crippen molar-refractivity contribution in [3.05, 3.63) is 95.6 Å². The van der Waals surface area contributed by atoms with Crippen LogP contribution in [0.1, 0.15) is 26.3 Å². The van der Waals surface area contributed by atoms with Gasteiger partial charge in [-0.2, -0.15) is 0 Å². The van der Waals surface area contributed by atoms with Crippen LogP contribution < -0.4 is 9.80 Å². The summed E-state index contributed by atoms with van der Waals surface area (Å²) in [7, 11) is 1.65. The van der Waals surface area contributed by atoms with Crippen LogP contribution in [0.15, 0.2) is 78.9 Å². The van der Waals surface area contributed by atoms with Gasteiger partial charge >= 0.3 is 5.97 Å². The maximum Gasteiger partial charge on any atom is 0.339 e. The van der Waals surface area contributed by atoms with Gasteiger partial charge in [0, 0.05) is 25.0 Å². The molecule has 3 aromatic rings. The van der Waals surface area contributed by atoms with Crippen molar-refractivity contribution in [2.45, 2.75) is 6.42 Å². The number of rotatable bonds is 5. The van der Waals surface area contributed by atoms with Gasteiger partial charge in [-0.05, 0) is 42.3 Å². The van der Waals surface area contributed by atoms with Gasteiger partial charge in [-0.1, -0.05) is 48.5 Å². The van der Waals surface area contributed by atoms with Crippen molar-refractivity contribution < 1.29 is 19.1 Å². The fourth-order valence-electron chi connectivity index (χ4n) is 3.68. The number of ether oxygens (including phenoxy) is 1. The van der Waals surface area contributed by atoms with Crippen LogP contribution >= 0.6 is 0 Å². The first-order chi connectivity index (χ1) is 15.1. The average Bonchev–Trinajstić information content (AvgIpc) is 3.26. The van der Waals surface area contributed by atoms with E-state index < -0.39 is 5.97 Å². The molecule has 6 nitrogen and oxygen atoms in total. The molecule has 0 saturated heterocycles. The van der Waals surface area contributed by atoms with E-state index in [0.717, 1.165) is 17.7 Å². The molecule has 3 aromatic carbocycles. The van der Waals surface area contributed by atoms with Gasteiger partial charge in [0.05, 0.1) is 11.1 Å². The third-order valence-corrected chi connectivity index (χ3v) is 5.34. The number of carbonyl (C=O) groups is 3. The number of benzene rings is 3. The van der Waals surface area contributed by atoms with Gasteiger partial charge in [-0.3, -0.25) is 9.59 Å². The molecular formula is C25H22N2O4. The second-order valence-corrected chi connectivity index (χ2v) is 7.25. The van der Waals surface area contributed by atoms with E-state index in [4.69, 9.17) is 4.74 Å². The minimum absolute atomic E-state index is 0.130. The Bertz CT molecular complexity index is 1130. The van der Waals surface area contributed by atoms with Gasteiger partial charge in [0.2, 0.25) is 0 Å². The molecule has 0 spiro atoms. The monoisotopic (exact) mass is 414 g/mol. The lowest BCUT2D eigenvalue weighted by Crippen LogP contribution is -2.33. The molecule has 156 valence electrons. The first kappa shape index (κ1) is 20.3. The van der Waals surface area contributed by atoms with Crippen LogP contribution in [0.3, 0.4) is 0 Å². The zero-order chi connectivity index (χ0) is 21.8. The van der Waals surface area contributed by atoms with Crippen molar-refractivity contribution in [1.29, 1.82) is 0 Å². The number of amides is 2. The van der Waals surface area contributed by atoms with Gasteiger partial charge in [-0.25, -0.2) is 4.79 Å². The zero-order valence-electron chi connectivity index (χ0n) is 17.2. The summed E-state index contributed by atoms with van der Waals surface area (Å²) in [6, 6.07) is 23.3. The summed E-state index contributed by atoms with van der Waals surface area (Å²) >= 11 is 0. The summed E-state index contributed by atoms with van der Waals surface area (Å²) in [5, 5.41) is 0. The molecule has 1 aliphatic heterocycles. The standard InChI is InChI=1S/C25H22N2O4/c1-26(19-10-3-2-4-11-19)24(29)20-12-6-7-13-21(20)25(30)31-17-23(28)27-16-15-18-9-5-8-14-22(18)27/h2-14H,15-17H2,1H3. The number of esters is 1. The molecule has 0 atom stereocenters. The summed E-state index contributed by atoms with van der Waals surface area (Å²) in [5.41, 5.74) is 3.01. The number of para-hydroxylation sites is 2. The van der Waals surface area contributed by atoms with Crippen molar-refractivity contribution in [2.24, 2.45) is 0 Å². The van der Waals surface area contributed by atoms with E-state index in [1.807, 2.05) is 54.6 Å². The first-order valence-electron chi connectivity index (χ1n) is 10.0. The van der Waals surface area contributed by atoms with Gasteiger partial charge in [0.25, 0.3) is 11.8 Å². The zero-order valence-corrected chi connectivity index (χ0v) is 17.2. The van der Waals surface area contributed by atoms with E-state index >= 15 is 0 Å². The summed E-state index contributed by atoms with van der Waals surface area (Å²) in [6.45, 7) is 0.177. The topological polar surface area (TPSA) is 66.9 Å². The minimum atomic E-state index is -0.703. The van der Waals surface area contributed by atoms with E-state index in [1.54, 1.807) is 30.1 Å². The third-order valence-electron chi connectivity index (χ3n) is 5.34. The Morgan fingerprint density at radius 2 is 1.52 bits per heavy atom. The normalized spacial score (nSPS) is 12.2. The molecule has 4 rings (SSSR count). The maximum atomic E-state index is 13.0. The Morgan fingerprint density at radius 1 is 0.871 bits per heavy atom. The van der Waals surface area contributed by atoms with Crippen molar-refractivity contribution in [1.82, 2.24) is 0 Å². The third kappa shape index (κ3) is 4.19. The molecule has 1 aliphatic rings. The SMILES string of the molecule is CN(C(=O)c1ccccc1C(=O)OCC(=O)N1CCc2ccccc21)c1ccccc1. The van der Waals surface area contributed by atoms with Crippen LogP contribution in [0.25, 0.3) is 0 Å². The Labute approximate surface area is 180 Å². The molecule has 0 aromatic heterocycles. The Kier molecular flexibility index (Phi) is 5.80. The number of hydrogen-bond donors (Lipinski definition) is 0. The highest BCUT2D eigenvalue weighted by Crippen LogP contribution is 2.27. The second-order valence-electron chi connectivity index (χ2n) is 7.25. The van der Waals surface area contributed by atoms with E-state index in [0.29, 0.717) is 12.2 Å². The molecular weight excluding hydrogens is 392 g/mol. The minimum Gasteiger partial charge on any atom is -0.452 e. The fraction of sp³-hybridized carbons (Fsp3) is 0.160. The molecule has 0 saturated carbocycles. The molecule has 6 heteroatoms. The molecule has 2 amide bonds. The molecule has 1 heterocycles. The number of anilines is 2. The first-order valence-corrected chi connectivity index (χ1v) is 10.0. The van der Waals surface area contributed by atoms with Crippen molar-refractivity contribution in [3.63, 3.8) is 0 Å². The summed E-state index contributed by atoms with van der Waals surface area (Å²) in [5.74, 6) is -1.33. The lowest BCUT2D eigenvalue weighted by Gasteiger charge is -2.19. The number of fused-ring (bicyclic) bond motifs is 1. The molecule has 0 bridgehead atoms.